The number of rotatable bonds is 9. The lowest BCUT2D eigenvalue weighted by Gasteiger charge is -2.29. The maximum absolute atomic E-state index is 13.0. The number of carbonyl (C=O) groups excluding carboxylic acids is 2. The fraction of sp³-hybridized carbons (Fsp3) is 0.292. The first-order valence-electron chi connectivity index (χ1n) is 10.2. The zero-order chi connectivity index (χ0) is 21.5. The summed E-state index contributed by atoms with van der Waals surface area (Å²) in [5, 5.41) is 10.6. The molecule has 0 aliphatic carbocycles. The van der Waals surface area contributed by atoms with Gasteiger partial charge in [0.15, 0.2) is 11.5 Å². The van der Waals surface area contributed by atoms with Gasteiger partial charge in [-0.05, 0) is 42.4 Å². The molecular formula is C24H27N3O3. The van der Waals surface area contributed by atoms with Crippen molar-refractivity contribution in [3.8, 4) is 0 Å². The smallest absolute Gasteiger partial charge is 0.290 e. The van der Waals surface area contributed by atoms with Gasteiger partial charge in [-0.15, -0.1) is 0 Å². The Morgan fingerprint density at radius 1 is 1.13 bits per heavy atom. The van der Waals surface area contributed by atoms with Crippen LogP contribution in [0.1, 0.15) is 31.0 Å². The minimum absolute atomic E-state index is 0.109. The van der Waals surface area contributed by atoms with Crippen LogP contribution in [-0.4, -0.2) is 57.8 Å². The van der Waals surface area contributed by atoms with Crippen molar-refractivity contribution in [1.29, 1.82) is 0 Å². The molecule has 0 radical (unpaired) electrons. The average Bonchev–Trinajstić information content (AvgIpc) is 3.04. The van der Waals surface area contributed by atoms with E-state index in [9.17, 15) is 14.7 Å². The lowest BCUT2D eigenvalue weighted by Crippen LogP contribution is -2.38. The first-order valence-corrected chi connectivity index (χ1v) is 10.2. The van der Waals surface area contributed by atoms with Crippen LogP contribution in [0.5, 0.6) is 0 Å². The van der Waals surface area contributed by atoms with Crippen molar-refractivity contribution in [2.24, 2.45) is 0 Å². The van der Waals surface area contributed by atoms with Crippen LogP contribution in [-0.2, 0) is 9.59 Å². The van der Waals surface area contributed by atoms with Gasteiger partial charge in [0, 0.05) is 25.5 Å². The first-order chi connectivity index (χ1) is 14.6. The minimum atomic E-state index is -0.635. The second-order valence-electron chi connectivity index (χ2n) is 7.08. The highest BCUT2D eigenvalue weighted by Gasteiger charge is 2.42. The fourth-order valence-corrected chi connectivity index (χ4v) is 3.64. The number of nitrogens with zero attached hydrogens (tertiary/aromatic N) is 3. The van der Waals surface area contributed by atoms with Crippen LogP contribution in [0.15, 0.2) is 72.3 Å². The Labute approximate surface area is 177 Å². The first kappa shape index (κ1) is 21.5. The highest BCUT2D eigenvalue weighted by Crippen LogP contribution is 2.37. The van der Waals surface area contributed by atoms with Gasteiger partial charge in [-0.2, -0.15) is 0 Å². The predicted molar refractivity (Wildman–Crippen MR) is 117 cm³/mol. The fourth-order valence-electron chi connectivity index (χ4n) is 3.64. The Morgan fingerprint density at radius 2 is 1.80 bits per heavy atom. The molecule has 0 saturated heterocycles. The molecule has 6 heteroatoms. The number of ketones is 1. The number of pyridine rings is 1. The zero-order valence-corrected chi connectivity index (χ0v) is 17.4. The van der Waals surface area contributed by atoms with E-state index >= 15 is 0 Å². The molecule has 1 aromatic carbocycles. The molecule has 2 heterocycles. The van der Waals surface area contributed by atoms with Gasteiger partial charge >= 0.3 is 0 Å². The molecule has 0 fully saturated rings. The van der Waals surface area contributed by atoms with Crippen LogP contribution in [0.3, 0.4) is 0 Å². The van der Waals surface area contributed by atoms with E-state index in [4.69, 9.17) is 0 Å². The molecule has 1 amide bonds. The van der Waals surface area contributed by atoms with Gasteiger partial charge in [-0.3, -0.25) is 14.6 Å². The number of likely N-dealkylation sites (N-methyl/N-ethyl adjacent to an activating group) is 1. The standard InChI is InChI=1S/C24H27N3O3/c1-3-26(4-2)16-17-27-22(19-12-14-25-15-13-19)21(23(29)24(27)30)20(28)11-10-18-8-6-5-7-9-18/h5-15,22,29H,3-4,16-17H2,1-2H3/b11-10+. The van der Waals surface area contributed by atoms with E-state index in [1.165, 1.54) is 6.08 Å². The van der Waals surface area contributed by atoms with Crippen LogP contribution in [0.2, 0.25) is 0 Å². The molecule has 1 N–H and O–H groups in total. The number of aromatic nitrogens is 1. The maximum atomic E-state index is 13.0. The predicted octanol–water partition coefficient (Wildman–Crippen LogP) is 3.40. The van der Waals surface area contributed by atoms with Crippen LogP contribution < -0.4 is 0 Å². The second kappa shape index (κ2) is 9.98. The van der Waals surface area contributed by atoms with Gasteiger partial charge in [0.2, 0.25) is 0 Å². The van der Waals surface area contributed by atoms with Gasteiger partial charge in [0.05, 0.1) is 11.6 Å². The number of hydrogen-bond acceptors (Lipinski definition) is 5. The topological polar surface area (TPSA) is 73.7 Å². The molecule has 30 heavy (non-hydrogen) atoms. The van der Waals surface area contributed by atoms with Crippen LogP contribution in [0.25, 0.3) is 6.08 Å². The van der Waals surface area contributed by atoms with E-state index in [1.54, 1.807) is 35.5 Å². The molecule has 1 aliphatic heterocycles. The van der Waals surface area contributed by atoms with Crippen molar-refractivity contribution in [1.82, 2.24) is 14.8 Å². The molecule has 3 rings (SSSR count). The number of amides is 1. The number of benzene rings is 1. The van der Waals surface area contributed by atoms with Crippen molar-refractivity contribution in [3.05, 3.63) is 83.4 Å². The summed E-state index contributed by atoms with van der Waals surface area (Å²) in [6, 6.07) is 12.3. The van der Waals surface area contributed by atoms with Crippen LogP contribution in [0.4, 0.5) is 0 Å². The van der Waals surface area contributed by atoms with Crippen molar-refractivity contribution >= 4 is 17.8 Å². The van der Waals surface area contributed by atoms with E-state index in [1.807, 2.05) is 30.3 Å². The van der Waals surface area contributed by atoms with E-state index in [0.29, 0.717) is 13.1 Å². The number of aliphatic hydroxyl groups excluding tert-OH is 1. The summed E-state index contributed by atoms with van der Waals surface area (Å²) < 4.78 is 0. The average molecular weight is 405 g/mol. The van der Waals surface area contributed by atoms with Gasteiger partial charge in [0.25, 0.3) is 5.91 Å². The summed E-state index contributed by atoms with van der Waals surface area (Å²) >= 11 is 0. The molecule has 1 atom stereocenters. The SMILES string of the molecule is CCN(CC)CCN1C(=O)C(O)=C(C(=O)/C=C/c2ccccc2)C1c1ccncc1. The molecule has 0 saturated carbocycles. The normalized spacial score (nSPS) is 16.8. The third kappa shape index (κ3) is 4.66. The van der Waals surface area contributed by atoms with E-state index in [-0.39, 0.29) is 11.4 Å². The molecule has 1 aromatic heterocycles. The quantitative estimate of drug-likeness (QED) is 0.648. The van der Waals surface area contributed by atoms with Crippen molar-refractivity contribution in [2.45, 2.75) is 19.9 Å². The van der Waals surface area contributed by atoms with Gasteiger partial charge in [-0.1, -0.05) is 50.3 Å². The number of carbonyl (C=O) groups is 2. The van der Waals surface area contributed by atoms with Crippen molar-refractivity contribution in [2.75, 3.05) is 26.2 Å². The highest BCUT2D eigenvalue weighted by atomic mass is 16.3. The summed E-state index contributed by atoms with van der Waals surface area (Å²) in [6.07, 6.45) is 6.35. The Balaban J connectivity index is 1.92. The number of hydrogen-bond donors (Lipinski definition) is 1. The molecule has 1 aliphatic rings. The summed E-state index contributed by atoms with van der Waals surface area (Å²) in [4.78, 5) is 33.7. The highest BCUT2D eigenvalue weighted by molar-refractivity contribution is 6.14. The van der Waals surface area contributed by atoms with E-state index in [0.717, 1.165) is 24.2 Å². The Bertz CT molecular complexity index is 935. The van der Waals surface area contributed by atoms with E-state index in [2.05, 4.69) is 23.7 Å². The minimum Gasteiger partial charge on any atom is -0.503 e. The Morgan fingerprint density at radius 3 is 2.43 bits per heavy atom. The molecule has 0 bridgehead atoms. The lowest BCUT2D eigenvalue weighted by atomic mass is 9.96. The lowest BCUT2D eigenvalue weighted by molar-refractivity contribution is -0.129. The molecular weight excluding hydrogens is 378 g/mol. The second-order valence-corrected chi connectivity index (χ2v) is 7.08. The summed E-state index contributed by atoms with van der Waals surface area (Å²) in [5.41, 5.74) is 1.73. The number of aliphatic hydroxyl groups is 1. The van der Waals surface area contributed by atoms with Crippen LogP contribution in [0, 0.1) is 0 Å². The Hall–Kier alpha value is -3.25. The van der Waals surface area contributed by atoms with E-state index < -0.39 is 17.7 Å². The Kier molecular flexibility index (Phi) is 7.14. The molecule has 0 spiro atoms. The third-order valence-corrected chi connectivity index (χ3v) is 5.37. The van der Waals surface area contributed by atoms with Crippen LogP contribution >= 0.6 is 0 Å². The zero-order valence-electron chi connectivity index (χ0n) is 17.4. The summed E-state index contributed by atoms with van der Waals surface area (Å²) in [6.45, 7) is 6.93. The maximum Gasteiger partial charge on any atom is 0.290 e. The van der Waals surface area contributed by atoms with Gasteiger partial charge in [-0.25, -0.2) is 0 Å². The molecule has 2 aromatic rings. The summed E-state index contributed by atoms with van der Waals surface area (Å²) in [5.74, 6) is -1.36. The number of allylic oxidation sites excluding steroid dienone is 1. The third-order valence-electron chi connectivity index (χ3n) is 5.37. The van der Waals surface area contributed by atoms with Crippen molar-refractivity contribution in [3.63, 3.8) is 0 Å². The summed E-state index contributed by atoms with van der Waals surface area (Å²) in [7, 11) is 0. The van der Waals surface area contributed by atoms with Crippen molar-refractivity contribution < 1.29 is 14.7 Å². The van der Waals surface area contributed by atoms with Gasteiger partial charge < -0.3 is 14.9 Å². The molecule has 156 valence electrons. The molecule has 6 nitrogen and oxygen atoms in total. The largest absolute Gasteiger partial charge is 0.503 e. The molecule has 1 unspecified atom stereocenters. The van der Waals surface area contributed by atoms with Gasteiger partial charge in [0.1, 0.15) is 0 Å². The monoisotopic (exact) mass is 405 g/mol.